The van der Waals surface area contributed by atoms with Crippen LogP contribution < -0.4 is 5.32 Å². The highest BCUT2D eigenvalue weighted by Crippen LogP contribution is 2.19. The first-order valence-corrected chi connectivity index (χ1v) is 6.47. The Morgan fingerprint density at radius 1 is 1.41 bits per heavy atom. The first-order valence-electron chi connectivity index (χ1n) is 5.02. The Morgan fingerprint density at radius 3 is 2.88 bits per heavy atom. The van der Waals surface area contributed by atoms with Gasteiger partial charge >= 0.3 is 0 Å². The van der Waals surface area contributed by atoms with Crippen LogP contribution in [0.5, 0.6) is 0 Å². The Bertz CT molecular complexity index is 525. The van der Waals surface area contributed by atoms with E-state index < -0.39 is 0 Å². The van der Waals surface area contributed by atoms with Crippen molar-refractivity contribution in [1.82, 2.24) is 10.3 Å². The van der Waals surface area contributed by atoms with E-state index in [-0.39, 0.29) is 5.91 Å². The molecule has 1 aromatic heterocycles. The van der Waals surface area contributed by atoms with Crippen LogP contribution in [0.2, 0.25) is 5.02 Å². The van der Waals surface area contributed by atoms with Crippen LogP contribution in [0.1, 0.15) is 15.9 Å². The molecule has 1 amide bonds. The minimum atomic E-state index is -0.121. The standard InChI is InChI=1S/C12H10ClIN2O/c13-10-5-9(1-2-11(10)14)12(17)16-7-8-3-4-15-6-8/h1-6,15H,7H2,(H,16,17). The highest BCUT2D eigenvalue weighted by molar-refractivity contribution is 14.1. The molecule has 2 N–H and O–H groups in total. The zero-order valence-electron chi connectivity index (χ0n) is 8.84. The number of halogens is 2. The van der Waals surface area contributed by atoms with Crippen molar-refractivity contribution >= 4 is 40.1 Å². The van der Waals surface area contributed by atoms with Gasteiger partial charge in [0.1, 0.15) is 0 Å². The summed E-state index contributed by atoms with van der Waals surface area (Å²) in [5.74, 6) is -0.121. The number of carbonyl (C=O) groups is 1. The van der Waals surface area contributed by atoms with Crippen LogP contribution in [0.4, 0.5) is 0 Å². The van der Waals surface area contributed by atoms with Crippen LogP contribution in [-0.4, -0.2) is 10.9 Å². The number of aromatic amines is 1. The van der Waals surface area contributed by atoms with Crippen molar-refractivity contribution in [2.45, 2.75) is 6.54 Å². The smallest absolute Gasteiger partial charge is 0.251 e. The molecule has 0 saturated heterocycles. The lowest BCUT2D eigenvalue weighted by Crippen LogP contribution is -2.22. The topological polar surface area (TPSA) is 44.9 Å². The van der Waals surface area contributed by atoms with E-state index in [1.807, 2.05) is 24.5 Å². The Balaban J connectivity index is 2.02. The number of hydrogen-bond donors (Lipinski definition) is 2. The Labute approximate surface area is 118 Å². The van der Waals surface area contributed by atoms with Crippen LogP contribution in [-0.2, 0) is 6.54 Å². The van der Waals surface area contributed by atoms with Gasteiger partial charge in [0.2, 0.25) is 0 Å². The van der Waals surface area contributed by atoms with E-state index in [2.05, 4.69) is 32.9 Å². The monoisotopic (exact) mass is 360 g/mol. The maximum Gasteiger partial charge on any atom is 0.251 e. The van der Waals surface area contributed by atoms with Gasteiger partial charge in [-0.1, -0.05) is 11.6 Å². The summed E-state index contributed by atoms with van der Waals surface area (Å²) in [6, 6.07) is 7.19. The minimum absolute atomic E-state index is 0.121. The fourth-order valence-electron chi connectivity index (χ4n) is 1.39. The minimum Gasteiger partial charge on any atom is -0.367 e. The quantitative estimate of drug-likeness (QED) is 0.811. The molecule has 0 unspecified atom stereocenters. The second kappa shape index (κ2) is 5.55. The molecule has 0 saturated carbocycles. The summed E-state index contributed by atoms with van der Waals surface area (Å²) in [5, 5.41) is 3.43. The number of nitrogens with one attached hydrogen (secondary N) is 2. The van der Waals surface area contributed by atoms with Gasteiger partial charge in [0.15, 0.2) is 0 Å². The largest absolute Gasteiger partial charge is 0.367 e. The molecule has 1 aromatic carbocycles. The molecule has 0 bridgehead atoms. The van der Waals surface area contributed by atoms with Crippen molar-refractivity contribution in [1.29, 1.82) is 0 Å². The molecule has 0 aliphatic rings. The summed E-state index contributed by atoms with van der Waals surface area (Å²) in [4.78, 5) is 14.8. The Hall–Kier alpha value is -1.01. The third-order valence-corrected chi connectivity index (χ3v) is 3.87. The fraction of sp³-hybridized carbons (Fsp3) is 0.0833. The maximum absolute atomic E-state index is 11.8. The lowest BCUT2D eigenvalue weighted by Gasteiger charge is -2.05. The fourth-order valence-corrected chi connectivity index (χ4v) is 1.91. The normalized spacial score (nSPS) is 10.2. The number of benzene rings is 1. The van der Waals surface area contributed by atoms with Crippen molar-refractivity contribution < 1.29 is 4.79 Å². The molecule has 5 heteroatoms. The first-order chi connectivity index (χ1) is 8.16. The Morgan fingerprint density at radius 2 is 2.24 bits per heavy atom. The predicted octanol–water partition coefficient (Wildman–Crippen LogP) is 3.20. The molecular formula is C12H10ClIN2O. The molecule has 88 valence electrons. The zero-order chi connectivity index (χ0) is 12.3. The summed E-state index contributed by atoms with van der Waals surface area (Å²) < 4.78 is 0.937. The molecule has 17 heavy (non-hydrogen) atoms. The summed E-state index contributed by atoms with van der Waals surface area (Å²) in [6.07, 6.45) is 3.67. The lowest BCUT2D eigenvalue weighted by atomic mass is 10.2. The van der Waals surface area contributed by atoms with Crippen molar-refractivity contribution in [2.24, 2.45) is 0 Å². The summed E-state index contributed by atoms with van der Waals surface area (Å²) in [5.41, 5.74) is 1.61. The van der Waals surface area contributed by atoms with Gasteiger partial charge in [-0.2, -0.15) is 0 Å². The number of aromatic nitrogens is 1. The van der Waals surface area contributed by atoms with Gasteiger partial charge in [-0.05, 0) is 52.4 Å². The number of rotatable bonds is 3. The highest BCUT2D eigenvalue weighted by atomic mass is 127. The average Bonchev–Trinajstić information content (AvgIpc) is 2.82. The van der Waals surface area contributed by atoms with Crippen LogP contribution in [0.3, 0.4) is 0 Å². The summed E-state index contributed by atoms with van der Waals surface area (Å²) >= 11 is 8.09. The molecule has 0 fully saturated rings. The lowest BCUT2D eigenvalue weighted by molar-refractivity contribution is 0.0951. The number of amides is 1. The van der Waals surface area contributed by atoms with Crippen LogP contribution in [0.15, 0.2) is 36.7 Å². The van der Waals surface area contributed by atoms with Crippen molar-refractivity contribution in [3.8, 4) is 0 Å². The molecule has 2 aromatic rings. The number of carbonyl (C=O) groups excluding carboxylic acids is 1. The molecule has 0 atom stereocenters. The molecule has 0 spiro atoms. The third-order valence-electron chi connectivity index (χ3n) is 2.30. The van der Waals surface area contributed by atoms with Crippen molar-refractivity contribution in [2.75, 3.05) is 0 Å². The number of hydrogen-bond acceptors (Lipinski definition) is 1. The summed E-state index contributed by atoms with van der Waals surface area (Å²) in [6.45, 7) is 0.506. The van der Waals surface area contributed by atoms with E-state index in [0.717, 1.165) is 9.13 Å². The molecule has 0 aliphatic heterocycles. The molecule has 2 rings (SSSR count). The van der Waals surface area contributed by atoms with E-state index in [9.17, 15) is 4.79 Å². The molecule has 1 heterocycles. The molecule has 3 nitrogen and oxygen atoms in total. The van der Waals surface area contributed by atoms with Crippen LogP contribution >= 0.6 is 34.2 Å². The van der Waals surface area contributed by atoms with Crippen molar-refractivity contribution in [3.63, 3.8) is 0 Å². The van der Waals surface area contributed by atoms with E-state index in [0.29, 0.717) is 17.1 Å². The van der Waals surface area contributed by atoms with Gasteiger partial charge in [-0.25, -0.2) is 0 Å². The average molecular weight is 361 g/mol. The van der Waals surface area contributed by atoms with Crippen LogP contribution in [0.25, 0.3) is 0 Å². The second-order valence-corrected chi connectivity index (χ2v) is 5.10. The molecular weight excluding hydrogens is 351 g/mol. The zero-order valence-corrected chi connectivity index (χ0v) is 11.7. The maximum atomic E-state index is 11.8. The van der Waals surface area contributed by atoms with Gasteiger partial charge in [0, 0.05) is 28.1 Å². The van der Waals surface area contributed by atoms with Gasteiger partial charge in [0.25, 0.3) is 5.91 Å². The van der Waals surface area contributed by atoms with E-state index >= 15 is 0 Å². The van der Waals surface area contributed by atoms with Gasteiger partial charge in [-0.3, -0.25) is 4.79 Å². The van der Waals surface area contributed by atoms with E-state index in [4.69, 9.17) is 11.6 Å². The van der Waals surface area contributed by atoms with Gasteiger partial charge in [0.05, 0.1) is 5.02 Å². The summed E-state index contributed by atoms with van der Waals surface area (Å²) in [7, 11) is 0. The van der Waals surface area contributed by atoms with Gasteiger partial charge in [-0.15, -0.1) is 0 Å². The van der Waals surface area contributed by atoms with Crippen LogP contribution in [0, 0.1) is 3.57 Å². The van der Waals surface area contributed by atoms with Gasteiger partial charge < -0.3 is 10.3 Å². The molecule has 0 radical (unpaired) electrons. The van der Waals surface area contributed by atoms with E-state index in [1.165, 1.54) is 0 Å². The number of H-pyrrole nitrogens is 1. The van der Waals surface area contributed by atoms with Crippen molar-refractivity contribution in [3.05, 3.63) is 56.4 Å². The highest BCUT2D eigenvalue weighted by Gasteiger charge is 2.07. The SMILES string of the molecule is O=C(NCc1cc[nH]c1)c1ccc(I)c(Cl)c1. The molecule has 0 aliphatic carbocycles. The first kappa shape index (κ1) is 12.4. The third kappa shape index (κ3) is 3.23. The second-order valence-electron chi connectivity index (χ2n) is 3.53. The van der Waals surface area contributed by atoms with E-state index in [1.54, 1.807) is 12.1 Å². The predicted molar refractivity (Wildman–Crippen MR) is 76.1 cm³/mol. The Kier molecular flexibility index (Phi) is 4.06.